The largest absolute Gasteiger partial charge is 0.329 e. The van der Waals surface area contributed by atoms with E-state index in [1.807, 2.05) is 0 Å². The second-order valence-corrected chi connectivity index (χ2v) is 6.27. The first kappa shape index (κ1) is 11.9. The minimum atomic E-state index is 0.374. The van der Waals surface area contributed by atoms with Crippen molar-refractivity contribution >= 4 is 0 Å². The summed E-state index contributed by atoms with van der Waals surface area (Å²) in [6.07, 6.45) is 9.64. The molecule has 3 nitrogen and oxygen atoms in total. The molecular weight excluding hydrogens is 210 g/mol. The monoisotopic (exact) mass is 237 g/mol. The van der Waals surface area contributed by atoms with Crippen molar-refractivity contribution in [3.63, 3.8) is 0 Å². The van der Waals surface area contributed by atoms with Gasteiger partial charge >= 0.3 is 0 Å². The van der Waals surface area contributed by atoms with Gasteiger partial charge in [-0.1, -0.05) is 12.8 Å². The first-order chi connectivity index (χ1) is 8.34. The minimum Gasteiger partial charge on any atom is -0.329 e. The predicted octanol–water partition coefficient (Wildman–Crippen LogP) is 1.43. The maximum atomic E-state index is 6.13. The smallest absolute Gasteiger partial charge is 0.0332 e. The van der Waals surface area contributed by atoms with Gasteiger partial charge in [-0.15, -0.1) is 0 Å². The van der Waals surface area contributed by atoms with E-state index in [1.165, 1.54) is 71.1 Å². The normalized spacial score (nSPS) is 34.8. The van der Waals surface area contributed by atoms with Gasteiger partial charge in [0.15, 0.2) is 0 Å². The number of nitrogens with zero attached hydrogens (tertiary/aromatic N) is 2. The zero-order chi connectivity index (χ0) is 11.7. The van der Waals surface area contributed by atoms with Crippen LogP contribution >= 0.6 is 0 Å². The fourth-order valence-electron chi connectivity index (χ4n) is 4.32. The number of fused-ring (bicyclic) bond motifs is 1. The van der Waals surface area contributed by atoms with E-state index >= 15 is 0 Å². The Balaban J connectivity index is 1.73. The SMILES string of the molecule is NCC1(N2CCCN3CCCC3C2)CCCC1. The molecule has 1 atom stereocenters. The molecule has 3 aliphatic rings. The van der Waals surface area contributed by atoms with Crippen molar-refractivity contribution in [3.05, 3.63) is 0 Å². The van der Waals surface area contributed by atoms with E-state index in [9.17, 15) is 0 Å². The zero-order valence-corrected chi connectivity index (χ0v) is 11.0. The van der Waals surface area contributed by atoms with Crippen LogP contribution in [0.15, 0.2) is 0 Å². The van der Waals surface area contributed by atoms with Gasteiger partial charge in [0.25, 0.3) is 0 Å². The lowest BCUT2D eigenvalue weighted by Gasteiger charge is -2.41. The first-order valence-corrected chi connectivity index (χ1v) is 7.53. The molecule has 3 heteroatoms. The van der Waals surface area contributed by atoms with Crippen LogP contribution in [0, 0.1) is 0 Å². The lowest BCUT2D eigenvalue weighted by atomic mass is 9.94. The standard InChI is InChI=1S/C14H27N3/c15-12-14(6-1-2-7-14)17-10-4-9-16-8-3-5-13(16)11-17/h13H,1-12,15H2. The van der Waals surface area contributed by atoms with Gasteiger partial charge in [0, 0.05) is 31.2 Å². The van der Waals surface area contributed by atoms with Crippen LogP contribution in [0.25, 0.3) is 0 Å². The Labute approximate surface area is 105 Å². The number of hydrogen-bond donors (Lipinski definition) is 1. The van der Waals surface area contributed by atoms with E-state index in [2.05, 4.69) is 9.80 Å². The van der Waals surface area contributed by atoms with Gasteiger partial charge in [0.2, 0.25) is 0 Å². The Morgan fingerprint density at radius 1 is 1.00 bits per heavy atom. The Morgan fingerprint density at radius 3 is 2.53 bits per heavy atom. The molecule has 2 N–H and O–H groups in total. The van der Waals surface area contributed by atoms with Gasteiger partial charge in [0.1, 0.15) is 0 Å². The highest BCUT2D eigenvalue weighted by molar-refractivity contribution is 4.99. The van der Waals surface area contributed by atoms with Crippen molar-refractivity contribution < 1.29 is 0 Å². The highest BCUT2D eigenvalue weighted by Crippen LogP contribution is 2.36. The summed E-state index contributed by atoms with van der Waals surface area (Å²) in [7, 11) is 0. The molecule has 0 radical (unpaired) electrons. The van der Waals surface area contributed by atoms with Crippen LogP contribution in [0.5, 0.6) is 0 Å². The lowest BCUT2D eigenvalue weighted by molar-refractivity contribution is 0.0894. The van der Waals surface area contributed by atoms with Gasteiger partial charge in [-0.05, 0) is 45.2 Å². The summed E-state index contributed by atoms with van der Waals surface area (Å²) < 4.78 is 0. The summed E-state index contributed by atoms with van der Waals surface area (Å²) in [5.74, 6) is 0. The van der Waals surface area contributed by atoms with E-state index in [0.717, 1.165) is 12.6 Å². The molecule has 3 fully saturated rings. The highest BCUT2D eigenvalue weighted by Gasteiger charge is 2.41. The van der Waals surface area contributed by atoms with Crippen molar-refractivity contribution in [1.29, 1.82) is 0 Å². The maximum absolute atomic E-state index is 6.13. The molecular formula is C14H27N3. The van der Waals surface area contributed by atoms with E-state index in [1.54, 1.807) is 0 Å². The summed E-state index contributed by atoms with van der Waals surface area (Å²) in [5, 5.41) is 0. The van der Waals surface area contributed by atoms with Crippen molar-refractivity contribution in [3.8, 4) is 0 Å². The molecule has 1 aliphatic carbocycles. The molecule has 2 heterocycles. The van der Waals surface area contributed by atoms with Crippen LogP contribution in [-0.2, 0) is 0 Å². The van der Waals surface area contributed by atoms with Gasteiger partial charge in [-0.25, -0.2) is 0 Å². The first-order valence-electron chi connectivity index (χ1n) is 7.53. The summed E-state index contributed by atoms with van der Waals surface area (Å²) >= 11 is 0. The van der Waals surface area contributed by atoms with Gasteiger partial charge < -0.3 is 5.73 Å². The summed E-state index contributed by atoms with van der Waals surface area (Å²) in [4.78, 5) is 5.50. The Morgan fingerprint density at radius 2 is 1.76 bits per heavy atom. The van der Waals surface area contributed by atoms with Crippen molar-refractivity contribution in [1.82, 2.24) is 9.80 Å². The van der Waals surface area contributed by atoms with Crippen LogP contribution in [0.3, 0.4) is 0 Å². The van der Waals surface area contributed by atoms with Gasteiger partial charge in [-0.2, -0.15) is 0 Å². The molecule has 0 aromatic heterocycles. The average Bonchev–Trinajstić information content (AvgIpc) is 2.95. The third-order valence-corrected chi connectivity index (χ3v) is 5.39. The Kier molecular flexibility index (Phi) is 3.42. The van der Waals surface area contributed by atoms with Crippen LogP contribution in [0.1, 0.15) is 44.9 Å². The molecule has 2 aliphatic heterocycles. The average molecular weight is 237 g/mol. The van der Waals surface area contributed by atoms with Crippen molar-refractivity contribution in [2.24, 2.45) is 5.73 Å². The predicted molar refractivity (Wildman–Crippen MR) is 71.0 cm³/mol. The molecule has 0 amide bonds. The number of rotatable bonds is 2. The topological polar surface area (TPSA) is 32.5 Å². The van der Waals surface area contributed by atoms with E-state index < -0.39 is 0 Å². The minimum absolute atomic E-state index is 0.374. The van der Waals surface area contributed by atoms with Crippen molar-refractivity contribution in [2.45, 2.75) is 56.5 Å². The summed E-state index contributed by atoms with van der Waals surface area (Å²) in [6, 6.07) is 0.835. The van der Waals surface area contributed by atoms with Crippen LogP contribution in [0.2, 0.25) is 0 Å². The zero-order valence-electron chi connectivity index (χ0n) is 11.0. The molecule has 0 spiro atoms. The second kappa shape index (κ2) is 4.87. The van der Waals surface area contributed by atoms with E-state index in [4.69, 9.17) is 5.73 Å². The second-order valence-electron chi connectivity index (χ2n) is 6.27. The Bertz CT molecular complexity index is 260. The maximum Gasteiger partial charge on any atom is 0.0332 e. The van der Waals surface area contributed by atoms with E-state index in [-0.39, 0.29) is 0 Å². The third-order valence-electron chi connectivity index (χ3n) is 5.39. The molecule has 3 rings (SSSR count). The fourth-order valence-corrected chi connectivity index (χ4v) is 4.32. The highest BCUT2D eigenvalue weighted by atomic mass is 15.3. The molecule has 1 unspecified atom stereocenters. The molecule has 2 saturated heterocycles. The van der Waals surface area contributed by atoms with Crippen LogP contribution in [0.4, 0.5) is 0 Å². The lowest BCUT2D eigenvalue weighted by Crippen LogP contribution is -2.54. The summed E-state index contributed by atoms with van der Waals surface area (Å²) in [6.45, 7) is 6.11. The molecule has 17 heavy (non-hydrogen) atoms. The molecule has 98 valence electrons. The Hall–Kier alpha value is -0.120. The third kappa shape index (κ3) is 2.13. The molecule has 0 aromatic carbocycles. The van der Waals surface area contributed by atoms with Gasteiger partial charge in [0.05, 0.1) is 0 Å². The van der Waals surface area contributed by atoms with Crippen LogP contribution in [-0.4, -0.2) is 54.1 Å². The van der Waals surface area contributed by atoms with Crippen molar-refractivity contribution in [2.75, 3.05) is 32.7 Å². The number of nitrogens with two attached hydrogens (primary N) is 1. The molecule has 1 saturated carbocycles. The molecule has 0 aromatic rings. The quantitative estimate of drug-likeness (QED) is 0.788. The fraction of sp³-hybridized carbons (Fsp3) is 1.00. The van der Waals surface area contributed by atoms with Gasteiger partial charge in [-0.3, -0.25) is 9.80 Å². The molecule has 0 bridgehead atoms. The summed E-state index contributed by atoms with van der Waals surface area (Å²) in [5.41, 5.74) is 6.51. The number of hydrogen-bond acceptors (Lipinski definition) is 3. The van der Waals surface area contributed by atoms with E-state index in [0.29, 0.717) is 5.54 Å². The van der Waals surface area contributed by atoms with Crippen LogP contribution < -0.4 is 5.73 Å².